The first-order valence-corrected chi connectivity index (χ1v) is 9.11. The smallest absolute Gasteiger partial charge is 0.241 e. The Labute approximate surface area is 136 Å². The summed E-state index contributed by atoms with van der Waals surface area (Å²) in [5, 5.41) is 4.24. The fourth-order valence-corrected chi connectivity index (χ4v) is 3.60. The van der Waals surface area contributed by atoms with Crippen molar-refractivity contribution in [2.24, 2.45) is 7.05 Å². The molecule has 2 aromatic heterocycles. The van der Waals surface area contributed by atoms with Gasteiger partial charge < -0.3 is 4.90 Å². The molecule has 0 unspecified atom stereocenters. The zero-order valence-electron chi connectivity index (χ0n) is 13.3. The number of hydrogen-bond acceptors (Lipinski definition) is 5. The zero-order valence-corrected chi connectivity index (χ0v) is 14.1. The first-order chi connectivity index (χ1) is 11.0. The van der Waals surface area contributed by atoms with E-state index in [0.29, 0.717) is 5.92 Å². The van der Waals surface area contributed by atoms with Gasteiger partial charge in [-0.3, -0.25) is 4.68 Å². The summed E-state index contributed by atoms with van der Waals surface area (Å²) in [6, 6.07) is 3.37. The maximum absolute atomic E-state index is 11.7. The fourth-order valence-electron chi connectivity index (χ4n) is 2.93. The Bertz CT molecular complexity index is 761. The normalized spacial score (nSPS) is 16.7. The topological polar surface area (TPSA) is 80.1 Å². The van der Waals surface area contributed by atoms with Crippen LogP contribution in [-0.4, -0.2) is 43.3 Å². The molecule has 0 aliphatic carbocycles. The molecule has 0 aromatic carbocycles. The molecule has 1 fully saturated rings. The number of pyridine rings is 1. The number of rotatable bonds is 4. The maximum atomic E-state index is 11.7. The molecule has 23 heavy (non-hydrogen) atoms. The molecule has 1 N–H and O–H groups in total. The van der Waals surface area contributed by atoms with Gasteiger partial charge in [0.2, 0.25) is 10.0 Å². The molecule has 3 heterocycles. The van der Waals surface area contributed by atoms with Crippen LogP contribution in [0.1, 0.15) is 24.3 Å². The van der Waals surface area contributed by atoms with Crippen LogP contribution in [0.4, 0.5) is 5.82 Å². The summed E-state index contributed by atoms with van der Waals surface area (Å²) in [7, 11) is -0.0993. The molecule has 1 aliphatic rings. The van der Waals surface area contributed by atoms with Crippen molar-refractivity contribution >= 4 is 15.8 Å². The van der Waals surface area contributed by atoms with E-state index in [1.54, 1.807) is 12.1 Å². The van der Waals surface area contributed by atoms with E-state index in [9.17, 15) is 8.42 Å². The molecule has 124 valence electrons. The largest absolute Gasteiger partial charge is 0.357 e. The minimum absolute atomic E-state index is 0.189. The molecule has 0 saturated carbocycles. The Morgan fingerprint density at radius 3 is 2.48 bits per heavy atom. The van der Waals surface area contributed by atoms with E-state index in [4.69, 9.17) is 0 Å². The van der Waals surface area contributed by atoms with Crippen LogP contribution in [0.15, 0.2) is 35.6 Å². The van der Waals surface area contributed by atoms with E-state index >= 15 is 0 Å². The summed E-state index contributed by atoms with van der Waals surface area (Å²) in [6.07, 6.45) is 7.52. The highest BCUT2D eigenvalue weighted by Crippen LogP contribution is 2.29. The third-order valence-corrected chi connectivity index (χ3v) is 5.71. The molecular weight excluding hydrogens is 314 g/mol. The lowest BCUT2D eigenvalue weighted by Gasteiger charge is -2.32. The van der Waals surface area contributed by atoms with Crippen molar-refractivity contribution in [1.82, 2.24) is 19.5 Å². The number of nitrogens with zero attached hydrogens (tertiary/aromatic N) is 4. The number of aromatic nitrogens is 3. The standard InChI is InChI=1S/C15H21N5O2S/c1-16-23(21,22)14-3-4-15(17-10-14)20-7-5-12(6-8-20)13-9-18-19(2)11-13/h3-4,9-12,16H,5-8H2,1-2H3. The summed E-state index contributed by atoms with van der Waals surface area (Å²) >= 11 is 0. The lowest BCUT2D eigenvalue weighted by atomic mass is 9.91. The van der Waals surface area contributed by atoms with Gasteiger partial charge in [0.1, 0.15) is 10.7 Å². The number of anilines is 1. The lowest BCUT2D eigenvalue weighted by molar-refractivity contribution is 0.502. The number of aryl methyl sites for hydroxylation is 1. The van der Waals surface area contributed by atoms with Crippen molar-refractivity contribution in [2.75, 3.05) is 25.0 Å². The predicted molar refractivity (Wildman–Crippen MR) is 87.9 cm³/mol. The van der Waals surface area contributed by atoms with Gasteiger partial charge in [-0.1, -0.05) is 0 Å². The van der Waals surface area contributed by atoms with E-state index in [1.165, 1.54) is 18.8 Å². The lowest BCUT2D eigenvalue weighted by Crippen LogP contribution is -2.33. The minimum atomic E-state index is -3.43. The predicted octanol–water partition coefficient (Wildman–Crippen LogP) is 1.11. The Morgan fingerprint density at radius 2 is 1.96 bits per heavy atom. The van der Waals surface area contributed by atoms with Crippen LogP contribution in [0.3, 0.4) is 0 Å². The molecule has 7 nitrogen and oxygen atoms in total. The highest BCUT2D eigenvalue weighted by Gasteiger charge is 2.22. The number of sulfonamides is 1. The van der Waals surface area contributed by atoms with Crippen LogP contribution >= 0.6 is 0 Å². The quantitative estimate of drug-likeness (QED) is 0.905. The fraction of sp³-hybridized carbons (Fsp3) is 0.467. The SMILES string of the molecule is CNS(=O)(=O)c1ccc(N2CCC(c3cnn(C)c3)CC2)nc1. The van der Waals surface area contributed by atoms with Crippen molar-refractivity contribution in [3.8, 4) is 0 Å². The van der Waals surface area contributed by atoms with Gasteiger partial charge in [0, 0.05) is 32.5 Å². The Hall–Kier alpha value is -1.93. The van der Waals surface area contributed by atoms with Crippen molar-refractivity contribution in [2.45, 2.75) is 23.7 Å². The van der Waals surface area contributed by atoms with Crippen LogP contribution < -0.4 is 9.62 Å². The molecule has 8 heteroatoms. The molecule has 0 amide bonds. The van der Waals surface area contributed by atoms with Gasteiger partial charge >= 0.3 is 0 Å². The Balaban J connectivity index is 1.66. The van der Waals surface area contributed by atoms with Gasteiger partial charge in [0.25, 0.3) is 0 Å². The van der Waals surface area contributed by atoms with Gasteiger partial charge in [-0.2, -0.15) is 5.10 Å². The van der Waals surface area contributed by atoms with Gasteiger partial charge in [0.05, 0.1) is 6.20 Å². The molecule has 1 aliphatic heterocycles. The first kappa shape index (κ1) is 15.9. The highest BCUT2D eigenvalue weighted by atomic mass is 32.2. The van der Waals surface area contributed by atoms with Crippen molar-refractivity contribution in [3.05, 3.63) is 36.3 Å². The number of hydrogen-bond donors (Lipinski definition) is 1. The average Bonchev–Trinajstić information content (AvgIpc) is 3.02. The summed E-state index contributed by atoms with van der Waals surface area (Å²) in [5.41, 5.74) is 1.29. The second kappa shape index (κ2) is 6.29. The molecule has 0 radical (unpaired) electrons. The summed E-state index contributed by atoms with van der Waals surface area (Å²) in [5.74, 6) is 1.36. The molecule has 0 atom stereocenters. The highest BCUT2D eigenvalue weighted by molar-refractivity contribution is 7.89. The van der Waals surface area contributed by atoms with Crippen LogP contribution in [-0.2, 0) is 17.1 Å². The summed E-state index contributed by atoms with van der Waals surface area (Å²) in [6.45, 7) is 1.81. The number of piperidine rings is 1. The molecule has 1 saturated heterocycles. The zero-order chi connectivity index (χ0) is 16.4. The maximum Gasteiger partial charge on any atom is 0.241 e. The minimum Gasteiger partial charge on any atom is -0.357 e. The number of nitrogens with one attached hydrogen (secondary N) is 1. The third-order valence-electron chi connectivity index (χ3n) is 4.31. The average molecular weight is 335 g/mol. The van der Waals surface area contributed by atoms with Crippen LogP contribution in [0.2, 0.25) is 0 Å². The van der Waals surface area contributed by atoms with E-state index in [-0.39, 0.29) is 4.90 Å². The molecule has 0 spiro atoms. The Morgan fingerprint density at radius 1 is 1.22 bits per heavy atom. The van der Waals surface area contributed by atoms with Gasteiger partial charge in [-0.25, -0.2) is 18.1 Å². The van der Waals surface area contributed by atoms with Crippen LogP contribution in [0, 0.1) is 0 Å². The molecule has 3 rings (SSSR count). The summed E-state index contributed by atoms with van der Waals surface area (Å²) < 4.78 is 27.6. The van der Waals surface area contributed by atoms with E-state index in [1.807, 2.05) is 17.9 Å². The van der Waals surface area contributed by atoms with Crippen molar-refractivity contribution in [3.63, 3.8) is 0 Å². The monoisotopic (exact) mass is 335 g/mol. The van der Waals surface area contributed by atoms with Crippen molar-refractivity contribution < 1.29 is 8.42 Å². The first-order valence-electron chi connectivity index (χ1n) is 7.62. The van der Waals surface area contributed by atoms with Crippen molar-refractivity contribution in [1.29, 1.82) is 0 Å². The molecule has 2 aromatic rings. The van der Waals surface area contributed by atoms with Gasteiger partial charge in [-0.15, -0.1) is 0 Å². The third kappa shape index (κ3) is 3.37. The Kier molecular flexibility index (Phi) is 4.36. The van der Waals surface area contributed by atoms with Crippen LogP contribution in [0.5, 0.6) is 0 Å². The molecular formula is C15H21N5O2S. The van der Waals surface area contributed by atoms with Crippen LogP contribution in [0.25, 0.3) is 0 Å². The van der Waals surface area contributed by atoms with E-state index < -0.39 is 10.0 Å². The second-order valence-corrected chi connectivity index (χ2v) is 7.65. The van der Waals surface area contributed by atoms with E-state index in [0.717, 1.165) is 31.7 Å². The molecule has 0 bridgehead atoms. The van der Waals surface area contributed by atoms with E-state index in [2.05, 4.69) is 25.9 Å². The second-order valence-electron chi connectivity index (χ2n) is 5.77. The summed E-state index contributed by atoms with van der Waals surface area (Å²) in [4.78, 5) is 6.69. The van der Waals surface area contributed by atoms with Gasteiger partial charge in [0.15, 0.2) is 0 Å². The van der Waals surface area contributed by atoms with Gasteiger partial charge in [-0.05, 0) is 43.5 Å².